The number of hydrogen-bond acceptors (Lipinski definition) is 5. The molecule has 6 atom stereocenters. The molecule has 1 amide bonds. The Morgan fingerprint density at radius 2 is 1.83 bits per heavy atom. The first-order chi connectivity index (χ1) is 14.1. The number of sulfonamides is 1. The standard InChI is InChI=1S/C20H36ClFN4O3S/c1-13-25(2)11-18(26(13)3)15-9-16(19(22)17(21)10-15)20(27)23-24-30(28,29)12-14-7-5-4-6-8-14/h13-19,24H,4-12H2,1-3H3,(H,23,27). The van der Waals surface area contributed by atoms with Crippen LogP contribution in [0.3, 0.4) is 0 Å². The molecule has 0 radical (unpaired) electrons. The Labute approximate surface area is 185 Å². The average Bonchev–Trinajstić information content (AvgIpc) is 2.96. The summed E-state index contributed by atoms with van der Waals surface area (Å²) in [5.41, 5.74) is 2.27. The summed E-state index contributed by atoms with van der Waals surface area (Å²) in [5.74, 6) is -1.41. The number of rotatable bonds is 6. The van der Waals surface area contributed by atoms with Crippen molar-refractivity contribution in [2.75, 3.05) is 26.4 Å². The monoisotopic (exact) mass is 466 g/mol. The van der Waals surface area contributed by atoms with Gasteiger partial charge in [0.1, 0.15) is 6.17 Å². The van der Waals surface area contributed by atoms with Gasteiger partial charge in [0.25, 0.3) is 0 Å². The van der Waals surface area contributed by atoms with E-state index < -0.39 is 33.4 Å². The van der Waals surface area contributed by atoms with Crippen LogP contribution in [-0.2, 0) is 14.8 Å². The van der Waals surface area contributed by atoms with Gasteiger partial charge in [0.05, 0.1) is 23.2 Å². The number of nitrogens with one attached hydrogen (secondary N) is 2. The zero-order chi connectivity index (χ0) is 22.1. The van der Waals surface area contributed by atoms with Crippen LogP contribution in [0.5, 0.6) is 0 Å². The van der Waals surface area contributed by atoms with Crippen LogP contribution in [0.2, 0.25) is 0 Å². The minimum Gasteiger partial charge on any atom is -0.290 e. The average molecular weight is 467 g/mol. The molecule has 0 spiro atoms. The molecule has 10 heteroatoms. The second kappa shape index (κ2) is 9.98. The normalized spacial score (nSPS) is 37.4. The molecule has 30 heavy (non-hydrogen) atoms. The lowest BCUT2D eigenvalue weighted by atomic mass is 9.76. The highest BCUT2D eigenvalue weighted by atomic mass is 35.5. The molecule has 2 saturated carbocycles. The van der Waals surface area contributed by atoms with Gasteiger partial charge in [-0.15, -0.1) is 16.4 Å². The van der Waals surface area contributed by atoms with Crippen molar-refractivity contribution in [3.63, 3.8) is 0 Å². The highest BCUT2D eigenvalue weighted by molar-refractivity contribution is 7.89. The van der Waals surface area contributed by atoms with Crippen LogP contribution < -0.4 is 10.3 Å². The van der Waals surface area contributed by atoms with E-state index in [9.17, 15) is 17.6 Å². The third-order valence-electron chi connectivity index (χ3n) is 7.43. The number of hydrazine groups is 1. The number of nitrogens with zero attached hydrogens (tertiary/aromatic N) is 2. The number of carbonyl (C=O) groups is 1. The molecule has 1 saturated heterocycles. The maximum Gasteiger partial charge on any atom is 0.241 e. The summed E-state index contributed by atoms with van der Waals surface area (Å²) in [7, 11) is 0.436. The molecule has 3 aliphatic rings. The Hall–Kier alpha value is -0.480. The molecule has 7 nitrogen and oxygen atoms in total. The SMILES string of the molecule is CC1N(C)CC(C2CC(Cl)C(F)C(C(=O)NNS(=O)(=O)CC3CCCCC3)C2)N1C. The van der Waals surface area contributed by atoms with Gasteiger partial charge < -0.3 is 0 Å². The second-order valence-electron chi connectivity index (χ2n) is 9.48. The van der Waals surface area contributed by atoms with Gasteiger partial charge in [-0.05, 0) is 58.5 Å². The van der Waals surface area contributed by atoms with Crippen molar-refractivity contribution >= 4 is 27.5 Å². The summed E-state index contributed by atoms with van der Waals surface area (Å²) in [5, 5.41) is -0.757. The van der Waals surface area contributed by atoms with Crippen molar-refractivity contribution in [1.82, 2.24) is 20.1 Å². The maximum atomic E-state index is 14.8. The predicted octanol–water partition coefficient (Wildman–Crippen LogP) is 2.08. The van der Waals surface area contributed by atoms with Crippen molar-refractivity contribution < 1.29 is 17.6 Å². The van der Waals surface area contributed by atoms with Crippen LogP contribution in [0.25, 0.3) is 0 Å². The van der Waals surface area contributed by atoms with Crippen molar-refractivity contribution in [3.8, 4) is 0 Å². The smallest absolute Gasteiger partial charge is 0.241 e. The van der Waals surface area contributed by atoms with E-state index in [0.717, 1.165) is 38.6 Å². The molecular weight excluding hydrogens is 431 g/mol. The third kappa shape index (κ3) is 5.65. The van der Waals surface area contributed by atoms with Gasteiger partial charge in [0.2, 0.25) is 15.9 Å². The lowest BCUT2D eigenvalue weighted by molar-refractivity contribution is -0.129. The minimum atomic E-state index is -3.65. The molecule has 3 fully saturated rings. The van der Waals surface area contributed by atoms with Crippen molar-refractivity contribution in [1.29, 1.82) is 0 Å². The third-order valence-corrected chi connectivity index (χ3v) is 9.17. The van der Waals surface area contributed by atoms with E-state index in [4.69, 9.17) is 11.6 Å². The van der Waals surface area contributed by atoms with E-state index in [1.807, 2.05) is 14.1 Å². The van der Waals surface area contributed by atoms with Gasteiger partial charge in [0, 0.05) is 12.6 Å². The van der Waals surface area contributed by atoms with Crippen LogP contribution in [0.4, 0.5) is 4.39 Å². The van der Waals surface area contributed by atoms with E-state index >= 15 is 0 Å². The Kier molecular flexibility index (Phi) is 8.04. The van der Waals surface area contributed by atoms with Crippen LogP contribution >= 0.6 is 11.6 Å². The van der Waals surface area contributed by atoms with Gasteiger partial charge in [-0.25, -0.2) is 12.8 Å². The van der Waals surface area contributed by atoms with Gasteiger partial charge in [-0.3, -0.25) is 20.0 Å². The summed E-state index contributed by atoms with van der Waals surface area (Å²) in [6.07, 6.45) is 4.65. The summed E-state index contributed by atoms with van der Waals surface area (Å²) in [4.78, 5) is 19.4. The summed E-state index contributed by atoms with van der Waals surface area (Å²) in [6.45, 7) is 2.95. The largest absolute Gasteiger partial charge is 0.290 e. The molecule has 2 aliphatic carbocycles. The molecule has 1 heterocycles. The maximum absolute atomic E-state index is 14.8. The Morgan fingerprint density at radius 3 is 2.43 bits per heavy atom. The highest BCUT2D eigenvalue weighted by Gasteiger charge is 2.46. The van der Waals surface area contributed by atoms with Gasteiger partial charge in [0.15, 0.2) is 0 Å². The topological polar surface area (TPSA) is 81.8 Å². The van der Waals surface area contributed by atoms with Gasteiger partial charge in [-0.1, -0.05) is 19.3 Å². The van der Waals surface area contributed by atoms with Crippen molar-refractivity contribution in [2.24, 2.45) is 17.8 Å². The first-order valence-electron chi connectivity index (χ1n) is 11.1. The van der Waals surface area contributed by atoms with Crippen LogP contribution in [0, 0.1) is 17.8 Å². The first-order valence-corrected chi connectivity index (χ1v) is 13.2. The number of amides is 1. The molecule has 0 aromatic carbocycles. The lowest BCUT2D eigenvalue weighted by Gasteiger charge is -2.39. The fourth-order valence-electron chi connectivity index (χ4n) is 5.36. The van der Waals surface area contributed by atoms with Gasteiger partial charge >= 0.3 is 0 Å². The number of alkyl halides is 2. The fourth-order valence-corrected chi connectivity index (χ4v) is 7.06. The molecule has 2 N–H and O–H groups in total. The predicted molar refractivity (Wildman–Crippen MR) is 116 cm³/mol. The van der Waals surface area contributed by atoms with E-state index in [1.165, 1.54) is 0 Å². The van der Waals surface area contributed by atoms with E-state index in [-0.39, 0.29) is 29.8 Å². The molecule has 1 aliphatic heterocycles. The molecular formula is C20H36ClFN4O3S. The highest BCUT2D eigenvalue weighted by Crippen LogP contribution is 2.39. The van der Waals surface area contributed by atoms with E-state index in [0.29, 0.717) is 12.8 Å². The van der Waals surface area contributed by atoms with Gasteiger partial charge in [-0.2, -0.15) is 0 Å². The van der Waals surface area contributed by atoms with Crippen molar-refractivity contribution in [2.45, 2.75) is 75.6 Å². The van der Waals surface area contributed by atoms with Crippen LogP contribution in [0.15, 0.2) is 0 Å². The van der Waals surface area contributed by atoms with E-state index in [1.54, 1.807) is 0 Å². The fraction of sp³-hybridized carbons (Fsp3) is 0.950. The summed E-state index contributed by atoms with van der Waals surface area (Å²) < 4.78 is 39.5. The molecule has 3 rings (SSSR count). The Morgan fingerprint density at radius 1 is 1.17 bits per heavy atom. The molecule has 174 valence electrons. The van der Waals surface area contributed by atoms with Crippen molar-refractivity contribution in [3.05, 3.63) is 0 Å². The number of likely N-dealkylation sites (N-methyl/N-ethyl adjacent to an activating group) is 2. The first kappa shape index (κ1) is 24.2. The molecule has 6 unspecified atom stereocenters. The minimum absolute atomic E-state index is 0.00511. The Bertz CT molecular complexity index is 706. The number of halogens is 2. The molecule has 0 aromatic rings. The number of hydrogen-bond donors (Lipinski definition) is 2. The molecule has 0 bridgehead atoms. The Balaban J connectivity index is 1.58. The number of carbonyl (C=O) groups excluding carboxylic acids is 1. The van der Waals surface area contributed by atoms with E-state index in [2.05, 4.69) is 27.0 Å². The van der Waals surface area contributed by atoms with Crippen LogP contribution in [-0.4, -0.2) is 74.3 Å². The molecule has 0 aromatic heterocycles. The quantitative estimate of drug-likeness (QED) is 0.462. The zero-order valence-electron chi connectivity index (χ0n) is 18.2. The zero-order valence-corrected chi connectivity index (χ0v) is 19.8. The summed E-state index contributed by atoms with van der Waals surface area (Å²) in [6, 6.07) is 0.192. The summed E-state index contributed by atoms with van der Waals surface area (Å²) >= 11 is 6.29. The second-order valence-corrected chi connectivity index (χ2v) is 11.8. The van der Waals surface area contributed by atoms with Crippen LogP contribution in [0.1, 0.15) is 51.9 Å². The lowest BCUT2D eigenvalue weighted by Crippen LogP contribution is -2.52.